The lowest BCUT2D eigenvalue weighted by Crippen LogP contribution is -2.34. The number of hydrogen-bond donors (Lipinski definition) is 0. The maximum absolute atomic E-state index is 13.2. The van der Waals surface area contributed by atoms with Crippen molar-refractivity contribution in [3.8, 4) is 11.5 Å². The number of hydrogen-bond acceptors (Lipinski definition) is 6. The molecule has 13 rings (SSSR count). The molecule has 0 fully saturated rings. The fourth-order valence-electron chi connectivity index (χ4n) is 9.66. The van der Waals surface area contributed by atoms with E-state index in [9.17, 15) is 9.59 Å². The Morgan fingerprint density at radius 2 is 0.700 bits per heavy atom. The highest BCUT2D eigenvalue weighted by molar-refractivity contribution is 5.91. The van der Waals surface area contributed by atoms with E-state index >= 15 is 0 Å². The molecule has 6 heteroatoms. The number of carbonyl (C=O) groups excluding carboxylic acids is 2. The van der Waals surface area contributed by atoms with Crippen LogP contribution in [0, 0.1) is 0 Å². The summed E-state index contributed by atoms with van der Waals surface area (Å²) in [6.07, 6.45) is 0. The highest BCUT2D eigenvalue weighted by Gasteiger charge is 2.52. The van der Waals surface area contributed by atoms with Gasteiger partial charge in [-0.1, -0.05) is 84.9 Å². The van der Waals surface area contributed by atoms with Gasteiger partial charge in [0.2, 0.25) is 0 Å². The van der Waals surface area contributed by atoms with Crippen LogP contribution in [0.25, 0.3) is 22.1 Å². The average Bonchev–Trinajstić information content (AvgIpc) is 3.13. The van der Waals surface area contributed by atoms with Crippen LogP contribution in [-0.4, -0.2) is 21.9 Å². The fourth-order valence-corrected chi connectivity index (χ4v) is 9.66. The van der Waals surface area contributed by atoms with Gasteiger partial charge < -0.3 is 9.47 Å². The topological polar surface area (TPSA) is 78.4 Å². The third-order valence-electron chi connectivity index (χ3n) is 11.2. The first-order valence-electron chi connectivity index (χ1n) is 17.0. The molecule has 0 saturated heterocycles. The molecule has 7 aromatic rings. The van der Waals surface area contributed by atoms with Crippen LogP contribution in [-0.2, 0) is 9.59 Å². The lowest BCUT2D eigenvalue weighted by molar-refractivity contribution is -0.133. The first-order chi connectivity index (χ1) is 24.5. The number of ether oxygens (including phenoxy) is 2. The molecule has 0 unspecified atom stereocenters. The van der Waals surface area contributed by atoms with E-state index in [2.05, 4.69) is 84.9 Å². The van der Waals surface area contributed by atoms with Crippen LogP contribution in [0.15, 0.2) is 109 Å². The minimum atomic E-state index is -0.386. The molecular weight excluding hydrogens is 620 g/mol. The molecular formula is C44H28N2O4. The summed E-state index contributed by atoms with van der Waals surface area (Å²) in [5.74, 6) is -0.611. The van der Waals surface area contributed by atoms with Crippen molar-refractivity contribution in [1.29, 1.82) is 0 Å². The Morgan fingerprint density at radius 1 is 0.420 bits per heavy atom. The van der Waals surface area contributed by atoms with Gasteiger partial charge in [-0.25, -0.2) is 9.97 Å². The molecule has 6 aliphatic carbocycles. The van der Waals surface area contributed by atoms with Crippen LogP contribution in [0.3, 0.4) is 0 Å². The minimum Gasteiger partial charge on any atom is -0.426 e. The third-order valence-corrected chi connectivity index (χ3v) is 11.2. The van der Waals surface area contributed by atoms with Gasteiger partial charge in [-0.3, -0.25) is 9.59 Å². The van der Waals surface area contributed by atoms with E-state index in [-0.39, 0.29) is 35.6 Å². The number of aromatic nitrogens is 2. The van der Waals surface area contributed by atoms with Crippen molar-refractivity contribution in [3.63, 3.8) is 0 Å². The highest BCUT2D eigenvalue weighted by Crippen LogP contribution is 2.68. The van der Waals surface area contributed by atoms with Gasteiger partial charge in [0.15, 0.2) is 0 Å². The van der Waals surface area contributed by atoms with Crippen molar-refractivity contribution in [2.75, 3.05) is 0 Å². The number of carbonyl (C=O) groups is 2. The molecule has 0 radical (unpaired) electrons. The van der Waals surface area contributed by atoms with Gasteiger partial charge in [-0.05, 0) is 68.8 Å². The van der Waals surface area contributed by atoms with Gasteiger partial charge in [0.05, 0.1) is 22.1 Å². The number of rotatable bonds is 2. The van der Waals surface area contributed by atoms with Gasteiger partial charge in [0, 0.05) is 59.8 Å². The molecule has 2 atom stereocenters. The van der Waals surface area contributed by atoms with Crippen molar-refractivity contribution < 1.29 is 19.1 Å². The van der Waals surface area contributed by atoms with Gasteiger partial charge in [0.25, 0.3) is 0 Å². The fraction of sp³-hybridized carbons (Fsp3) is 0.136. The van der Waals surface area contributed by atoms with Crippen LogP contribution in [0.4, 0.5) is 0 Å². The Hall–Kier alpha value is -6.14. The molecule has 0 aliphatic heterocycles. The van der Waals surface area contributed by atoms with Crippen molar-refractivity contribution in [3.05, 3.63) is 176 Å². The molecule has 0 N–H and O–H groups in total. The zero-order valence-corrected chi connectivity index (χ0v) is 27.2. The summed E-state index contributed by atoms with van der Waals surface area (Å²) < 4.78 is 12.9. The summed E-state index contributed by atoms with van der Waals surface area (Å²) in [6.45, 7) is 2.94. The molecule has 1 aromatic heterocycles. The predicted molar refractivity (Wildman–Crippen MR) is 189 cm³/mol. The second-order valence-corrected chi connectivity index (χ2v) is 13.8. The molecule has 6 aliphatic rings. The summed E-state index contributed by atoms with van der Waals surface area (Å²) >= 11 is 0. The average molecular weight is 649 g/mol. The molecule has 0 saturated carbocycles. The number of esters is 2. The lowest BCUT2D eigenvalue weighted by Gasteiger charge is -2.48. The molecule has 4 bridgehead atoms. The van der Waals surface area contributed by atoms with Crippen molar-refractivity contribution in [2.45, 2.75) is 37.5 Å². The summed E-state index contributed by atoms with van der Waals surface area (Å²) in [5.41, 5.74) is 16.1. The second kappa shape index (κ2) is 9.73. The van der Waals surface area contributed by atoms with E-state index in [1.165, 1.54) is 36.1 Å². The Morgan fingerprint density at radius 3 is 1.00 bits per heavy atom. The molecule has 1 heterocycles. The normalized spacial score (nSPS) is 19.6. The molecule has 238 valence electrons. The quantitative estimate of drug-likeness (QED) is 0.106. The van der Waals surface area contributed by atoms with Crippen LogP contribution >= 0.6 is 0 Å². The van der Waals surface area contributed by atoms with E-state index in [4.69, 9.17) is 19.4 Å². The largest absolute Gasteiger partial charge is 0.426 e. The first-order valence-corrected chi connectivity index (χ1v) is 17.0. The summed E-state index contributed by atoms with van der Waals surface area (Å²) in [4.78, 5) is 36.5. The monoisotopic (exact) mass is 648 g/mol. The zero-order chi connectivity index (χ0) is 33.4. The van der Waals surface area contributed by atoms with Crippen LogP contribution in [0.1, 0.15) is 104 Å². The Bertz CT molecular complexity index is 2480. The van der Waals surface area contributed by atoms with E-state index < -0.39 is 0 Å². The molecule has 50 heavy (non-hydrogen) atoms. The zero-order valence-electron chi connectivity index (χ0n) is 27.2. The molecule has 0 spiro atoms. The standard InChI is InChI=1S/C44H28N2O4/c1-21(47)49-43-39-35-23-11-3-5-13-25(23)36(26-14-6-4-12-24(26)35)40(39)44(50-22(2)48)42-38-28-16-8-7-15-27(28)37(41(42)43)29-19-33-34(20-30(29)38)46-32-18-10-9-17-31(32)45-33/h3-20,35-38H,1-2H3/t35?,36?,37-,38+. The van der Waals surface area contributed by atoms with Crippen LogP contribution in [0.2, 0.25) is 0 Å². The lowest BCUT2D eigenvalue weighted by atomic mass is 9.55. The summed E-state index contributed by atoms with van der Waals surface area (Å²) in [7, 11) is 0. The molecule has 6 aromatic carbocycles. The van der Waals surface area contributed by atoms with Gasteiger partial charge in [-0.2, -0.15) is 0 Å². The smallest absolute Gasteiger partial charge is 0.308 e. The van der Waals surface area contributed by atoms with Gasteiger partial charge in [0.1, 0.15) is 11.5 Å². The number of benzene rings is 6. The number of para-hydroxylation sites is 2. The Labute approximate surface area is 287 Å². The second-order valence-electron chi connectivity index (χ2n) is 13.8. The third kappa shape index (κ3) is 3.47. The first kappa shape index (κ1) is 27.8. The van der Waals surface area contributed by atoms with Crippen molar-refractivity contribution in [2.24, 2.45) is 0 Å². The minimum absolute atomic E-state index is 0.208. The summed E-state index contributed by atoms with van der Waals surface area (Å²) in [6, 6.07) is 37.8. The molecule has 0 amide bonds. The van der Waals surface area contributed by atoms with Crippen LogP contribution in [0.5, 0.6) is 11.5 Å². The SMILES string of the molecule is CC(=O)Oc1c2c(c(OC(C)=O)c3c1[C@@H]1c4ccccc4[C@H]3c3cc4nc5ccccc5nc4cc31)C1c3ccccc3C2c2ccccc21. The van der Waals surface area contributed by atoms with E-state index in [1.807, 2.05) is 24.3 Å². The van der Waals surface area contributed by atoms with Gasteiger partial charge in [-0.15, -0.1) is 0 Å². The number of fused-ring (bicyclic) bond motifs is 2. The highest BCUT2D eigenvalue weighted by atomic mass is 16.5. The van der Waals surface area contributed by atoms with Crippen molar-refractivity contribution >= 4 is 34.0 Å². The Kier molecular flexibility index (Phi) is 5.40. The van der Waals surface area contributed by atoms with Crippen LogP contribution < -0.4 is 9.47 Å². The van der Waals surface area contributed by atoms with Crippen molar-refractivity contribution in [1.82, 2.24) is 9.97 Å². The summed E-state index contributed by atoms with van der Waals surface area (Å²) in [5, 5.41) is 0. The maximum Gasteiger partial charge on any atom is 0.308 e. The predicted octanol–water partition coefficient (Wildman–Crippen LogP) is 8.61. The van der Waals surface area contributed by atoms with E-state index in [1.54, 1.807) is 0 Å². The maximum atomic E-state index is 13.2. The van der Waals surface area contributed by atoms with Gasteiger partial charge >= 0.3 is 11.9 Å². The van der Waals surface area contributed by atoms with E-state index in [0.717, 1.165) is 66.6 Å². The van der Waals surface area contributed by atoms with E-state index in [0.29, 0.717) is 11.5 Å². The number of nitrogens with zero attached hydrogens (tertiary/aromatic N) is 2. The molecule has 6 nitrogen and oxygen atoms in total. The Balaban J connectivity index is 1.30.